The van der Waals surface area contributed by atoms with Gasteiger partial charge >= 0.3 is 0 Å². The predicted octanol–water partition coefficient (Wildman–Crippen LogP) is 3.86. The summed E-state index contributed by atoms with van der Waals surface area (Å²) in [5, 5.41) is 1.74. The first-order valence-corrected chi connectivity index (χ1v) is 6.08. The summed E-state index contributed by atoms with van der Waals surface area (Å²) in [5.41, 5.74) is 1.31. The van der Waals surface area contributed by atoms with Crippen LogP contribution in [0, 0.1) is 0 Å². The Labute approximate surface area is 98.5 Å². The molecular weight excluding hydrogens is 263 g/mol. The van der Waals surface area contributed by atoms with Gasteiger partial charge in [-0.2, -0.15) is 0 Å². The minimum absolute atomic E-state index is 0.507. The highest BCUT2D eigenvalue weighted by molar-refractivity contribution is 9.09. The van der Waals surface area contributed by atoms with Crippen LogP contribution in [0.5, 0.6) is 0 Å². The number of benzene rings is 1. The molecule has 78 valence electrons. The molecule has 1 unspecified atom stereocenters. The van der Waals surface area contributed by atoms with Gasteiger partial charge in [-0.05, 0) is 30.0 Å². The normalized spacial score (nSPS) is 12.8. The van der Waals surface area contributed by atoms with Crippen LogP contribution in [-0.4, -0.2) is 19.0 Å². The van der Waals surface area contributed by atoms with Gasteiger partial charge in [0.05, 0.1) is 0 Å². The van der Waals surface area contributed by atoms with Crippen LogP contribution in [0.4, 0.5) is 0 Å². The molecule has 1 aromatic rings. The van der Waals surface area contributed by atoms with Gasteiger partial charge in [0.15, 0.2) is 0 Å². The quantitative estimate of drug-likeness (QED) is 0.743. The Morgan fingerprint density at radius 1 is 1.36 bits per heavy atom. The molecule has 0 spiro atoms. The molecule has 0 saturated carbocycles. The van der Waals surface area contributed by atoms with Crippen molar-refractivity contribution in [2.45, 2.75) is 12.3 Å². The molecule has 3 heteroatoms. The topological polar surface area (TPSA) is 9.23 Å². The highest BCUT2D eigenvalue weighted by Gasteiger charge is 2.09. The van der Waals surface area contributed by atoms with Crippen LogP contribution >= 0.6 is 27.5 Å². The van der Waals surface area contributed by atoms with E-state index < -0.39 is 0 Å². The van der Waals surface area contributed by atoms with Gasteiger partial charge in [0, 0.05) is 24.1 Å². The van der Waals surface area contributed by atoms with Crippen molar-refractivity contribution in [1.29, 1.82) is 0 Å². The summed E-state index contributed by atoms with van der Waals surface area (Å²) in [6, 6.07) is 8.01. The van der Waals surface area contributed by atoms with E-state index in [0.717, 1.165) is 23.4 Å². The molecule has 1 nitrogen and oxygen atoms in total. The van der Waals surface area contributed by atoms with E-state index in [1.54, 1.807) is 7.11 Å². The first-order chi connectivity index (χ1) is 6.77. The second-order valence-electron chi connectivity index (χ2n) is 3.18. The van der Waals surface area contributed by atoms with Crippen molar-refractivity contribution in [2.75, 3.05) is 19.0 Å². The van der Waals surface area contributed by atoms with Crippen molar-refractivity contribution >= 4 is 27.5 Å². The van der Waals surface area contributed by atoms with Gasteiger partial charge in [-0.15, -0.1) is 0 Å². The Hall–Kier alpha value is -0.0500. The van der Waals surface area contributed by atoms with E-state index in [0.29, 0.717) is 5.92 Å². The Bertz CT molecular complexity index is 260. The van der Waals surface area contributed by atoms with Gasteiger partial charge in [0.1, 0.15) is 0 Å². The second-order valence-corrected chi connectivity index (χ2v) is 4.27. The van der Waals surface area contributed by atoms with E-state index in [9.17, 15) is 0 Å². The minimum atomic E-state index is 0.507. The number of hydrogen-bond acceptors (Lipinski definition) is 1. The van der Waals surface area contributed by atoms with E-state index in [4.69, 9.17) is 16.3 Å². The average molecular weight is 278 g/mol. The maximum Gasteiger partial charge on any atom is 0.0468 e. The Morgan fingerprint density at radius 3 is 2.50 bits per heavy atom. The molecule has 0 heterocycles. The molecule has 1 aromatic carbocycles. The minimum Gasteiger partial charge on any atom is -0.385 e. The zero-order valence-electron chi connectivity index (χ0n) is 8.17. The van der Waals surface area contributed by atoms with Crippen molar-refractivity contribution in [2.24, 2.45) is 0 Å². The molecule has 0 aromatic heterocycles. The summed E-state index contributed by atoms with van der Waals surface area (Å²) in [5.74, 6) is 0.507. The number of hydrogen-bond donors (Lipinski definition) is 0. The van der Waals surface area contributed by atoms with Gasteiger partial charge in [-0.25, -0.2) is 0 Å². The lowest BCUT2D eigenvalue weighted by atomic mass is 9.98. The summed E-state index contributed by atoms with van der Waals surface area (Å²) in [7, 11) is 1.73. The number of ether oxygens (including phenoxy) is 1. The fraction of sp³-hybridized carbons (Fsp3) is 0.455. The van der Waals surface area contributed by atoms with Gasteiger partial charge in [0.25, 0.3) is 0 Å². The summed E-state index contributed by atoms with van der Waals surface area (Å²) >= 11 is 9.34. The monoisotopic (exact) mass is 276 g/mol. The molecule has 0 amide bonds. The lowest BCUT2D eigenvalue weighted by molar-refractivity contribution is 0.190. The van der Waals surface area contributed by atoms with E-state index >= 15 is 0 Å². The number of halogens is 2. The first kappa shape index (κ1) is 12.0. The highest BCUT2D eigenvalue weighted by atomic mass is 79.9. The van der Waals surface area contributed by atoms with Gasteiger partial charge in [-0.1, -0.05) is 39.7 Å². The second kappa shape index (κ2) is 6.44. The molecule has 0 radical (unpaired) electrons. The van der Waals surface area contributed by atoms with Crippen LogP contribution in [-0.2, 0) is 4.74 Å². The van der Waals surface area contributed by atoms with Crippen LogP contribution in [0.1, 0.15) is 17.9 Å². The number of rotatable bonds is 5. The van der Waals surface area contributed by atoms with E-state index in [-0.39, 0.29) is 0 Å². The first-order valence-electron chi connectivity index (χ1n) is 4.58. The molecule has 0 aliphatic heterocycles. The molecule has 0 saturated heterocycles. The zero-order chi connectivity index (χ0) is 10.4. The maximum absolute atomic E-state index is 5.83. The van der Waals surface area contributed by atoms with Crippen LogP contribution in [0.3, 0.4) is 0 Å². The third-order valence-electron chi connectivity index (χ3n) is 2.20. The van der Waals surface area contributed by atoms with Crippen molar-refractivity contribution in [3.8, 4) is 0 Å². The van der Waals surface area contributed by atoms with Gasteiger partial charge in [-0.3, -0.25) is 0 Å². The van der Waals surface area contributed by atoms with E-state index in [2.05, 4.69) is 28.1 Å². The summed E-state index contributed by atoms with van der Waals surface area (Å²) in [4.78, 5) is 0. The standard InChI is InChI=1S/C11H14BrClO/c1-14-7-6-10(8-12)9-2-4-11(13)5-3-9/h2-5,10H,6-8H2,1H3. The molecular formula is C11H14BrClO. The Balaban J connectivity index is 2.64. The lowest BCUT2D eigenvalue weighted by Crippen LogP contribution is -2.03. The SMILES string of the molecule is COCCC(CBr)c1ccc(Cl)cc1. The third kappa shape index (κ3) is 3.60. The number of alkyl halides is 1. The highest BCUT2D eigenvalue weighted by Crippen LogP contribution is 2.23. The fourth-order valence-electron chi connectivity index (χ4n) is 1.33. The molecule has 0 fully saturated rings. The van der Waals surface area contributed by atoms with E-state index in [1.807, 2.05) is 12.1 Å². The molecule has 0 aliphatic carbocycles. The predicted molar refractivity (Wildman–Crippen MR) is 64.5 cm³/mol. The third-order valence-corrected chi connectivity index (χ3v) is 3.23. The maximum atomic E-state index is 5.83. The Morgan fingerprint density at radius 2 is 2.00 bits per heavy atom. The van der Waals surface area contributed by atoms with Crippen molar-refractivity contribution in [3.05, 3.63) is 34.9 Å². The van der Waals surface area contributed by atoms with Crippen molar-refractivity contribution in [3.63, 3.8) is 0 Å². The summed E-state index contributed by atoms with van der Waals surface area (Å²) < 4.78 is 5.07. The van der Waals surface area contributed by atoms with Crippen LogP contribution in [0.15, 0.2) is 24.3 Å². The largest absolute Gasteiger partial charge is 0.385 e. The van der Waals surface area contributed by atoms with Crippen molar-refractivity contribution < 1.29 is 4.74 Å². The number of methoxy groups -OCH3 is 1. The lowest BCUT2D eigenvalue weighted by Gasteiger charge is -2.13. The van der Waals surface area contributed by atoms with Crippen LogP contribution in [0.25, 0.3) is 0 Å². The molecule has 0 bridgehead atoms. The smallest absolute Gasteiger partial charge is 0.0468 e. The van der Waals surface area contributed by atoms with E-state index in [1.165, 1.54) is 5.56 Å². The molecule has 14 heavy (non-hydrogen) atoms. The van der Waals surface area contributed by atoms with Crippen LogP contribution in [0.2, 0.25) is 5.02 Å². The zero-order valence-corrected chi connectivity index (χ0v) is 10.5. The van der Waals surface area contributed by atoms with Gasteiger partial charge < -0.3 is 4.74 Å². The molecule has 1 atom stereocenters. The molecule has 0 N–H and O–H groups in total. The van der Waals surface area contributed by atoms with Crippen LogP contribution < -0.4 is 0 Å². The Kier molecular flexibility index (Phi) is 5.53. The van der Waals surface area contributed by atoms with Gasteiger partial charge in [0.2, 0.25) is 0 Å². The molecule has 0 aliphatic rings. The van der Waals surface area contributed by atoms with Crippen molar-refractivity contribution in [1.82, 2.24) is 0 Å². The fourth-order valence-corrected chi connectivity index (χ4v) is 2.15. The average Bonchev–Trinajstić information content (AvgIpc) is 2.21. The molecule has 1 rings (SSSR count). The summed E-state index contributed by atoms with van der Waals surface area (Å²) in [6.45, 7) is 0.791. The summed E-state index contributed by atoms with van der Waals surface area (Å²) in [6.07, 6.45) is 1.03.